The van der Waals surface area contributed by atoms with Crippen LogP contribution in [0.2, 0.25) is 0 Å². The molecule has 1 atom stereocenters. The van der Waals surface area contributed by atoms with Gasteiger partial charge in [-0.25, -0.2) is 8.42 Å². The molecule has 2 aromatic carbocycles. The van der Waals surface area contributed by atoms with Crippen molar-refractivity contribution in [2.75, 3.05) is 12.8 Å². The van der Waals surface area contributed by atoms with Crippen LogP contribution in [0.3, 0.4) is 0 Å². The van der Waals surface area contributed by atoms with Crippen molar-refractivity contribution in [1.29, 1.82) is 0 Å². The molecule has 0 aromatic heterocycles. The summed E-state index contributed by atoms with van der Waals surface area (Å²) >= 11 is 0. The Morgan fingerprint density at radius 3 is 2.39 bits per heavy atom. The second kappa shape index (κ2) is 8.45. The normalized spacial score (nSPS) is 17.2. The van der Waals surface area contributed by atoms with Crippen LogP contribution >= 0.6 is 0 Å². The molecule has 0 saturated heterocycles. The molecule has 0 radical (unpaired) electrons. The van der Waals surface area contributed by atoms with Crippen molar-refractivity contribution in [3.8, 4) is 0 Å². The maximum Gasteiger partial charge on any atom is 0.251 e. The quantitative estimate of drug-likeness (QED) is 0.746. The molecule has 3 rings (SSSR count). The number of nitrogens with one attached hydrogen (secondary N) is 2. The van der Waals surface area contributed by atoms with E-state index in [2.05, 4.69) is 29.7 Å². The first-order chi connectivity index (χ1) is 13.3. The average molecular weight is 401 g/mol. The Hall–Kier alpha value is -2.18. The van der Waals surface area contributed by atoms with Gasteiger partial charge in [0.25, 0.3) is 5.91 Å². The zero-order chi connectivity index (χ0) is 20.2. The van der Waals surface area contributed by atoms with Crippen molar-refractivity contribution in [3.05, 3.63) is 65.7 Å². The number of sulfone groups is 1. The molecule has 0 aliphatic heterocycles. The Morgan fingerprint density at radius 2 is 1.75 bits per heavy atom. The molecule has 0 spiro atoms. The first-order valence-electron chi connectivity index (χ1n) is 9.70. The average Bonchev–Trinajstić information content (AvgIpc) is 3.15. The molecule has 0 heterocycles. The summed E-state index contributed by atoms with van der Waals surface area (Å²) in [6.07, 6.45) is 5.43. The zero-order valence-corrected chi connectivity index (χ0v) is 17.3. The maximum atomic E-state index is 12.6. The third kappa shape index (κ3) is 5.00. The third-order valence-corrected chi connectivity index (χ3v) is 6.60. The summed E-state index contributed by atoms with van der Waals surface area (Å²) in [4.78, 5) is 12.8. The summed E-state index contributed by atoms with van der Waals surface area (Å²) in [7, 11) is -3.34. The molecule has 150 valence electrons. The van der Waals surface area contributed by atoms with Gasteiger partial charge >= 0.3 is 0 Å². The van der Waals surface area contributed by atoms with Crippen LogP contribution in [0.1, 0.15) is 54.6 Å². The number of carbonyl (C=O) groups excluding carboxylic acids is 1. The molecule has 5 nitrogen and oxygen atoms in total. The standard InChI is InChI=1S/C22H28N2O3S/c1-17(18-9-4-3-5-10-18)24-22(13-6-7-14-22)16-23-21(25)19-11-8-12-20(15-19)28(2,26)27/h3-5,8-12,15,17,24H,6-7,13-14,16H2,1-2H3,(H,23,25). The fourth-order valence-corrected chi connectivity index (χ4v) is 4.59. The minimum atomic E-state index is -3.34. The van der Waals surface area contributed by atoms with E-state index in [1.807, 2.05) is 18.2 Å². The van der Waals surface area contributed by atoms with Crippen LogP contribution in [0.25, 0.3) is 0 Å². The number of carbonyl (C=O) groups is 1. The van der Waals surface area contributed by atoms with Gasteiger partial charge < -0.3 is 10.6 Å². The van der Waals surface area contributed by atoms with Gasteiger partial charge in [0.2, 0.25) is 0 Å². The van der Waals surface area contributed by atoms with E-state index in [0.717, 1.165) is 31.9 Å². The molecule has 2 aromatic rings. The molecule has 1 amide bonds. The Balaban J connectivity index is 1.69. The van der Waals surface area contributed by atoms with Crippen LogP contribution in [0, 0.1) is 0 Å². The van der Waals surface area contributed by atoms with Gasteiger partial charge in [-0.3, -0.25) is 4.79 Å². The lowest BCUT2D eigenvalue weighted by Crippen LogP contribution is -2.52. The number of amides is 1. The van der Waals surface area contributed by atoms with E-state index >= 15 is 0 Å². The highest BCUT2D eigenvalue weighted by Gasteiger charge is 2.35. The van der Waals surface area contributed by atoms with Crippen molar-refractivity contribution < 1.29 is 13.2 Å². The van der Waals surface area contributed by atoms with E-state index in [1.54, 1.807) is 12.1 Å². The second-order valence-corrected chi connectivity index (χ2v) is 9.76. The van der Waals surface area contributed by atoms with Gasteiger partial charge in [-0.1, -0.05) is 49.2 Å². The number of hydrogen-bond acceptors (Lipinski definition) is 4. The molecule has 1 unspecified atom stereocenters. The van der Waals surface area contributed by atoms with E-state index in [9.17, 15) is 13.2 Å². The van der Waals surface area contributed by atoms with Crippen LogP contribution in [0.4, 0.5) is 0 Å². The first-order valence-corrected chi connectivity index (χ1v) is 11.6. The second-order valence-electron chi connectivity index (χ2n) is 7.75. The van der Waals surface area contributed by atoms with Crippen molar-refractivity contribution in [2.24, 2.45) is 0 Å². The molecule has 1 fully saturated rings. The predicted molar refractivity (Wildman–Crippen MR) is 111 cm³/mol. The lowest BCUT2D eigenvalue weighted by Gasteiger charge is -2.34. The molecule has 1 aliphatic rings. The van der Waals surface area contributed by atoms with Crippen LogP contribution in [-0.2, 0) is 9.84 Å². The number of benzene rings is 2. The summed E-state index contributed by atoms with van der Waals surface area (Å²) in [5.74, 6) is -0.245. The molecular formula is C22H28N2O3S. The smallest absolute Gasteiger partial charge is 0.251 e. The molecule has 0 bridgehead atoms. The van der Waals surface area contributed by atoms with Crippen molar-refractivity contribution in [1.82, 2.24) is 10.6 Å². The molecule has 2 N–H and O–H groups in total. The van der Waals surface area contributed by atoms with Crippen LogP contribution < -0.4 is 10.6 Å². The minimum absolute atomic E-state index is 0.140. The van der Waals surface area contributed by atoms with Gasteiger partial charge in [-0.05, 0) is 43.5 Å². The molecule has 1 aliphatic carbocycles. The molecule has 6 heteroatoms. The SMILES string of the molecule is CC(NC1(CNC(=O)c2cccc(S(C)(=O)=O)c2)CCCC1)c1ccccc1. The van der Waals surface area contributed by atoms with E-state index < -0.39 is 9.84 Å². The summed E-state index contributed by atoms with van der Waals surface area (Å²) in [6, 6.07) is 16.7. The van der Waals surface area contributed by atoms with E-state index in [1.165, 1.54) is 17.7 Å². The van der Waals surface area contributed by atoms with Gasteiger partial charge in [0.15, 0.2) is 9.84 Å². The monoisotopic (exact) mass is 400 g/mol. The summed E-state index contributed by atoms with van der Waals surface area (Å²) in [5, 5.41) is 6.76. The highest BCUT2D eigenvalue weighted by molar-refractivity contribution is 7.90. The van der Waals surface area contributed by atoms with Crippen LogP contribution in [0.15, 0.2) is 59.5 Å². The Bertz CT molecular complexity index is 920. The Labute approximate surface area is 167 Å². The van der Waals surface area contributed by atoms with Gasteiger partial charge in [-0.2, -0.15) is 0 Å². The fraction of sp³-hybridized carbons (Fsp3) is 0.409. The molecular weight excluding hydrogens is 372 g/mol. The first kappa shape index (κ1) is 20.6. The maximum absolute atomic E-state index is 12.6. The summed E-state index contributed by atoms with van der Waals surface area (Å²) in [6.45, 7) is 2.67. The zero-order valence-electron chi connectivity index (χ0n) is 16.4. The molecule has 1 saturated carbocycles. The van der Waals surface area contributed by atoms with E-state index in [4.69, 9.17) is 0 Å². The Kier molecular flexibility index (Phi) is 6.20. The highest BCUT2D eigenvalue weighted by Crippen LogP contribution is 2.32. The number of rotatable bonds is 7. The van der Waals surface area contributed by atoms with E-state index in [0.29, 0.717) is 12.1 Å². The van der Waals surface area contributed by atoms with Crippen molar-refractivity contribution >= 4 is 15.7 Å². The predicted octanol–water partition coefficient (Wildman–Crippen LogP) is 3.48. The fourth-order valence-electron chi connectivity index (χ4n) is 3.93. The van der Waals surface area contributed by atoms with Gasteiger partial charge in [0.05, 0.1) is 4.90 Å². The van der Waals surface area contributed by atoms with Crippen LogP contribution in [-0.4, -0.2) is 32.7 Å². The molecule has 28 heavy (non-hydrogen) atoms. The van der Waals surface area contributed by atoms with Gasteiger partial charge in [0, 0.05) is 29.9 Å². The lowest BCUT2D eigenvalue weighted by molar-refractivity contribution is 0.0936. The number of hydrogen-bond donors (Lipinski definition) is 2. The Morgan fingerprint density at radius 1 is 1.07 bits per heavy atom. The lowest BCUT2D eigenvalue weighted by atomic mass is 9.94. The largest absolute Gasteiger partial charge is 0.350 e. The summed E-state index contributed by atoms with van der Waals surface area (Å²) < 4.78 is 23.5. The van der Waals surface area contributed by atoms with Gasteiger partial charge in [0.1, 0.15) is 0 Å². The van der Waals surface area contributed by atoms with E-state index in [-0.39, 0.29) is 22.4 Å². The third-order valence-electron chi connectivity index (χ3n) is 5.49. The van der Waals surface area contributed by atoms with Gasteiger partial charge in [-0.15, -0.1) is 0 Å². The topological polar surface area (TPSA) is 75.3 Å². The van der Waals surface area contributed by atoms with Crippen molar-refractivity contribution in [2.45, 2.75) is 49.1 Å². The van der Waals surface area contributed by atoms with Crippen molar-refractivity contribution in [3.63, 3.8) is 0 Å². The summed E-state index contributed by atoms with van der Waals surface area (Å²) in [5.41, 5.74) is 1.45. The highest BCUT2D eigenvalue weighted by atomic mass is 32.2. The minimum Gasteiger partial charge on any atom is -0.350 e. The van der Waals surface area contributed by atoms with Crippen LogP contribution in [0.5, 0.6) is 0 Å².